The number of hydrogen-bond acceptors (Lipinski definition) is 3. The number of nitrogens with zero attached hydrogens (tertiary/aromatic N) is 1. The summed E-state index contributed by atoms with van der Waals surface area (Å²) in [5.74, 6) is -0.113. The molecule has 2 rings (SSSR count). The molecule has 2 aromatic rings. The molecule has 0 bridgehead atoms. The molecule has 5 heteroatoms. The van der Waals surface area contributed by atoms with Gasteiger partial charge in [-0.15, -0.1) is 0 Å². The zero-order chi connectivity index (χ0) is 15.2. The quantitative estimate of drug-likeness (QED) is 0.833. The van der Waals surface area contributed by atoms with Crippen LogP contribution < -0.4 is 5.32 Å². The third kappa shape index (κ3) is 4.16. The third-order valence-electron chi connectivity index (χ3n) is 3.17. The topological polar surface area (TPSA) is 51.2 Å². The van der Waals surface area contributed by atoms with Crippen molar-refractivity contribution in [3.63, 3.8) is 0 Å². The molecule has 1 amide bonds. The van der Waals surface area contributed by atoms with Gasteiger partial charge in [0, 0.05) is 30.2 Å². The number of aromatic nitrogens is 1. The second-order valence-corrected chi connectivity index (χ2v) is 5.20. The van der Waals surface area contributed by atoms with Crippen LogP contribution in [0.15, 0.2) is 24.3 Å². The Morgan fingerprint density at radius 1 is 1.38 bits per heavy atom. The van der Waals surface area contributed by atoms with Gasteiger partial charge in [-0.05, 0) is 44.5 Å². The molecule has 1 aromatic heterocycles. The number of amides is 1. The summed E-state index contributed by atoms with van der Waals surface area (Å²) in [4.78, 5) is 16.7. The summed E-state index contributed by atoms with van der Waals surface area (Å²) < 4.78 is 5.24. The van der Waals surface area contributed by atoms with Gasteiger partial charge in [-0.3, -0.25) is 9.78 Å². The van der Waals surface area contributed by atoms with E-state index >= 15 is 0 Å². The van der Waals surface area contributed by atoms with Gasteiger partial charge in [0.15, 0.2) is 0 Å². The molecular formula is C16H19ClN2O2. The van der Waals surface area contributed by atoms with Crippen LogP contribution in [0, 0.1) is 6.92 Å². The van der Waals surface area contributed by atoms with Crippen LogP contribution in [-0.2, 0) is 4.74 Å². The van der Waals surface area contributed by atoms with Gasteiger partial charge in [0.2, 0.25) is 0 Å². The summed E-state index contributed by atoms with van der Waals surface area (Å²) in [6.07, 6.45) is 0.797. The van der Waals surface area contributed by atoms with Crippen molar-refractivity contribution in [2.24, 2.45) is 0 Å². The molecule has 0 aliphatic carbocycles. The smallest absolute Gasteiger partial charge is 0.253 e. The number of rotatable bonds is 6. The number of halogens is 1. The number of carbonyl (C=O) groups excluding carboxylic acids is 1. The highest BCUT2D eigenvalue weighted by Gasteiger charge is 2.11. The fraction of sp³-hybridized carbons (Fsp3) is 0.375. The Morgan fingerprint density at radius 3 is 2.95 bits per heavy atom. The lowest BCUT2D eigenvalue weighted by Gasteiger charge is -2.09. The van der Waals surface area contributed by atoms with Crippen LogP contribution in [0.5, 0.6) is 0 Å². The predicted octanol–water partition coefficient (Wildman–Crippen LogP) is 3.35. The van der Waals surface area contributed by atoms with Crippen LogP contribution in [0.3, 0.4) is 0 Å². The minimum absolute atomic E-state index is 0.113. The predicted molar refractivity (Wildman–Crippen MR) is 84.9 cm³/mol. The standard InChI is InChI=1S/C16H19ClN2O2/c1-3-21-8-4-7-18-16(20)14-10-12-9-13(17)5-6-15(12)19-11(14)2/h5-6,9-10H,3-4,7-8H2,1-2H3,(H,18,20). The first-order valence-corrected chi connectivity index (χ1v) is 7.42. The molecular weight excluding hydrogens is 288 g/mol. The second kappa shape index (κ2) is 7.38. The lowest BCUT2D eigenvalue weighted by Crippen LogP contribution is -2.26. The van der Waals surface area contributed by atoms with Crippen molar-refractivity contribution in [1.82, 2.24) is 10.3 Å². The summed E-state index contributed by atoms with van der Waals surface area (Å²) >= 11 is 5.98. The first-order chi connectivity index (χ1) is 10.1. The molecule has 0 fully saturated rings. The molecule has 0 saturated carbocycles. The molecule has 0 unspecified atom stereocenters. The second-order valence-electron chi connectivity index (χ2n) is 4.76. The summed E-state index contributed by atoms with van der Waals surface area (Å²) in [6, 6.07) is 7.30. The summed E-state index contributed by atoms with van der Waals surface area (Å²) in [6.45, 7) is 5.73. The van der Waals surface area contributed by atoms with Gasteiger partial charge < -0.3 is 10.1 Å². The average Bonchev–Trinajstić information content (AvgIpc) is 2.46. The average molecular weight is 307 g/mol. The highest BCUT2D eigenvalue weighted by molar-refractivity contribution is 6.31. The number of nitrogens with one attached hydrogen (secondary N) is 1. The Labute approximate surface area is 129 Å². The zero-order valence-electron chi connectivity index (χ0n) is 12.3. The molecule has 1 heterocycles. The fourth-order valence-corrected chi connectivity index (χ4v) is 2.27. The summed E-state index contributed by atoms with van der Waals surface area (Å²) in [5, 5.41) is 4.39. The van der Waals surface area contributed by atoms with E-state index < -0.39 is 0 Å². The summed E-state index contributed by atoms with van der Waals surface area (Å²) in [7, 11) is 0. The Bertz CT molecular complexity index is 643. The van der Waals surface area contributed by atoms with Gasteiger partial charge in [0.25, 0.3) is 5.91 Å². The van der Waals surface area contributed by atoms with Crippen molar-refractivity contribution in [2.45, 2.75) is 20.3 Å². The molecule has 112 valence electrons. The van der Waals surface area contributed by atoms with E-state index in [-0.39, 0.29) is 5.91 Å². The zero-order valence-corrected chi connectivity index (χ0v) is 13.0. The van der Waals surface area contributed by atoms with Crippen LogP contribution in [0.25, 0.3) is 10.9 Å². The van der Waals surface area contributed by atoms with Crippen LogP contribution in [0.4, 0.5) is 0 Å². The van der Waals surface area contributed by atoms with Crippen molar-refractivity contribution >= 4 is 28.4 Å². The third-order valence-corrected chi connectivity index (χ3v) is 3.40. The van der Waals surface area contributed by atoms with Crippen LogP contribution in [-0.4, -0.2) is 30.6 Å². The van der Waals surface area contributed by atoms with E-state index in [1.165, 1.54) is 0 Å². The minimum Gasteiger partial charge on any atom is -0.382 e. The van der Waals surface area contributed by atoms with E-state index in [1.807, 2.05) is 32.0 Å². The van der Waals surface area contributed by atoms with E-state index in [0.29, 0.717) is 36.0 Å². The van der Waals surface area contributed by atoms with E-state index in [1.54, 1.807) is 6.07 Å². The number of aryl methyl sites for hydroxylation is 1. The van der Waals surface area contributed by atoms with Gasteiger partial charge in [-0.2, -0.15) is 0 Å². The van der Waals surface area contributed by atoms with Gasteiger partial charge in [0.05, 0.1) is 16.8 Å². The first kappa shape index (κ1) is 15.7. The van der Waals surface area contributed by atoms with Crippen LogP contribution >= 0.6 is 11.6 Å². The highest BCUT2D eigenvalue weighted by Crippen LogP contribution is 2.20. The van der Waals surface area contributed by atoms with Gasteiger partial charge in [-0.25, -0.2) is 0 Å². The van der Waals surface area contributed by atoms with Crippen molar-refractivity contribution in [3.8, 4) is 0 Å². The van der Waals surface area contributed by atoms with Crippen LogP contribution in [0.1, 0.15) is 29.4 Å². The highest BCUT2D eigenvalue weighted by atomic mass is 35.5. The molecule has 0 atom stereocenters. The maximum atomic E-state index is 12.2. The maximum absolute atomic E-state index is 12.2. The van der Waals surface area contributed by atoms with Gasteiger partial charge in [-0.1, -0.05) is 11.6 Å². The van der Waals surface area contributed by atoms with Crippen molar-refractivity contribution in [2.75, 3.05) is 19.8 Å². The molecule has 4 nitrogen and oxygen atoms in total. The van der Waals surface area contributed by atoms with Crippen molar-refractivity contribution in [3.05, 3.63) is 40.5 Å². The van der Waals surface area contributed by atoms with Gasteiger partial charge >= 0.3 is 0 Å². The molecule has 1 N–H and O–H groups in total. The Hall–Kier alpha value is -1.65. The van der Waals surface area contributed by atoms with E-state index in [2.05, 4.69) is 10.3 Å². The van der Waals surface area contributed by atoms with E-state index in [9.17, 15) is 4.79 Å². The number of carbonyl (C=O) groups is 1. The van der Waals surface area contributed by atoms with Crippen molar-refractivity contribution in [1.29, 1.82) is 0 Å². The Morgan fingerprint density at radius 2 is 2.19 bits per heavy atom. The molecule has 0 spiro atoms. The number of benzene rings is 1. The summed E-state index contributed by atoms with van der Waals surface area (Å²) in [5.41, 5.74) is 2.14. The molecule has 0 saturated heterocycles. The molecule has 0 aliphatic heterocycles. The van der Waals surface area contributed by atoms with E-state index in [0.717, 1.165) is 17.3 Å². The number of ether oxygens (including phenoxy) is 1. The maximum Gasteiger partial charge on any atom is 0.253 e. The van der Waals surface area contributed by atoms with E-state index in [4.69, 9.17) is 16.3 Å². The Balaban J connectivity index is 2.09. The number of hydrogen-bond donors (Lipinski definition) is 1. The SMILES string of the molecule is CCOCCCNC(=O)c1cc2cc(Cl)ccc2nc1C. The lowest BCUT2D eigenvalue weighted by atomic mass is 10.1. The normalized spacial score (nSPS) is 10.8. The number of pyridine rings is 1. The largest absolute Gasteiger partial charge is 0.382 e. The molecule has 21 heavy (non-hydrogen) atoms. The monoisotopic (exact) mass is 306 g/mol. The van der Waals surface area contributed by atoms with Gasteiger partial charge in [0.1, 0.15) is 0 Å². The Kier molecular flexibility index (Phi) is 5.53. The van der Waals surface area contributed by atoms with Crippen molar-refractivity contribution < 1.29 is 9.53 Å². The van der Waals surface area contributed by atoms with Crippen LogP contribution in [0.2, 0.25) is 5.02 Å². The molecule has 1 aromatic carbocycles. The molecule has 0 radical (unpaired) electrons. The minimum atomic E-state index is -0.113. The number of fused-ring (bicyclic) bond motifs is 1. The fourth-order valence-electron chi connectivity index (χ4n) is 2.09. The molecule has 0 aliphatic rings. The lowest BCUT2D eigenvalue weighted by molar-refractivity contribution is 0.0943. The first-order valence-electron chi connectivity index (χ1n) is 7.04.